The van der Waals surface area contributed by atoms with Gasteiger partial charge >= 0.3 is 0 Å². The molecule has 0 aromatic heterocycles. The fourth-order valence-corrected chi connectivity index (χ4v) is 0.984. The Morgan fingerprint density at radius 2 is 2.23 bits per heavy atom. The van der Waals surface area contributed by atoms with Gasteiger partial charge in [0.1, 0.15) is 5.75 Å². The molecule has 0 fully saturated rings. The number of hydrogen-bond acceptors (Lipinski definition) is 2. The van der Waals surface area contributed by atoms with Crippen molar-refractivity contribution in [2.45, 2.75) is 20.0 Å². The predicted molar refractivity (Wildman–Crippen MR) is 52.1 cm³/mol. The summed E-state index contributed by atoms with van der Waals surface area (Å²) in [6.07, 6.45) is -0.594. The number of carbonyl (C=O) groups excluding carboxylic acids is 1. The molecule has 1 aromatic rings. The third-order valence-electron chi connectivity index (χ3n) is 1.62. The van der Waals surface area contributed by atoms with Gasteiger partial charge in [0.25, 0.3) is 5.24 Å². The Hall–Kier alpha value is -1.02. The standard InChI is InChI=1S/C10H11ClO2/c1-7-4-3-5-9(6-7)13-8(2)10(11)12/h3-6,8H,1-2H3/t8-/m1/s1. The van der Waals surface area contributed by atoms with Crippen molar-refractivity contribution in [2.75, 3.05) is 0 Å². The number of carbonyl (C=O) groups is 1. The molecule has 0 bridgehead atoms. The molecule has 70 valence electrons. The van der Waals surface area contributed by atoms with Crippen LogP contribution >= 0.6 is 11.6 Å². The van der Waals surface area contributed by atoms with Gasteiger partial charge in [-0.2, -0.15) is 0 Å². The fraction of sp³-hybridized carbons (Fsp3) is 0.300. The zero-order valence-electron chi connectivity index (χ0n) is 7.58. The number of benzene rings is 1. The van der Waals surface area contributed by atoms with Crippen molar-refractivity contribution in [1.29, 1.82) is 0 Å². The molecule has 0 amide bonds. The highest BCUT2D eigenvalue weighted by Gasteiger charge is 2.10. The first kappa shape index (κ1) is 10.1. The highest BCUT2D eigenvalue weighted by molar-refractivity contribution is 6.64. The Balaban J connectivity index is 2.69. The van der Waals surface area contributed by atoms with Crippen molar-refractivity contribution < 1.29 is 9.53 Å². The smallest absolute Gasteiger partial charge is 0.262 e. The summed E-state index contributed by atoms with van der Waals surface area (Å²) in [4.78, 5) is 10.7. The van der Waals surface area contributed by atoms with E-state index in [1.54, 1.807) is 13.0 Å². The molecule has 13 heavy (non-hydrogen) atoms. The first-order valence-corrected chi connectivity index (χ1v) is 4.40. The van der Waals surface area contributed by atoms with Gasteiger partial charge in [0.05, 0.1) is 0 Å². The molecule has 0 spiro atoms. The maximum atomic E-state index is 10.7. The average Bonchev–Trinajstić information content (AvgIpc) is 2.04. The van der Waals surface area contributed by atoms with Crippen LogP contribution in [-0.2, 0) is 4.79 Å². The van der Waals surface area contributed by atoms with Gasteiger partial charge in [0.15, 0.2) is 6.10 Å². The Kier molecular flexibility index (Phi) is 3.32. The largest absolute Gasteiger partial charge is 0.482 e. The summed E-state index contributed by atoms with van der Waals surface area (Å²) in [6, 6.07) is 7.48. The summed E-state index contributed by atoms with van der Waals surface area (Å²) < 4.78 is 5.28. The van der Waals surface area contributed by atoms with Crippen molar-refractivity contribution in [1.82, 2.24) is 0 Å². The average molecular weight is 199 g/mol. The minimum Gasteiger partial charge on any atom is -0.482 e. The molecule has 0 aliphatic carbocycles. The van der Waals surface area contributed by atoms with E-state index in [0.29, 0.717) is 5.75 Å². The third kappa shape index (κ3) is 3.07. The first-order valence-electron chi connectivity index (χ1n) is 4.02. The molecule has 0 N–H and O–H groups in total. The maximum absolute atomic E-state index is 10.7. The minimum atomic E-state index is -0.594. The van der Waals surface area contributed by atoms with E-state index < -0.39 is 11.3 Å². The number of aryl methyl sites for hydroxylation is 1. The quantitative estimate of drug-likeness (QED) is 0.698. The van der Waals surface area contributed by atoms with Crippen LogP contribution in [0.5, 0.6) is 5.75 Å². The topological polar surface area (TPSA) is 26.3 Å². The molecule has 1 atom stereocenters. The predicted octanol–water partition coefficient (Wildman–Crippen LogP) is 2.53. The second-order valence-electron chi connectivity index (χ2n) is 2.88. The summed E-state index contributed by atoms with van der Waals surface area (Å²) >= 11 is 5.25. The van der Waals surface area contributed by atoms with E-state index >= 15 is 0 Å². The van der Waals surface area contributed by atoms with Crippen LogP contribution in [0.4, 0.5) is 0 Å². The van der Waals surface area contributed by atoms with Crippen LogP contribution < -0.4 is 4.74 Å². The molecule has 0 saturated carbocycles. The SMILES string of the molecule is Cc1cccc(O[C@H](C)C(=O)Cl)c1. The summed E-state index contributed by atoms with van der Waals surface area (Å²) in [5.41, 5.74) is 1.09. The zero-order valence-corrected chi connectivity index (χ0v) is 8.34. The second kappa shape index (κ2) is 4.28. The van der Waals surface area contributed by atoms with E-state index in [-0.39, 0.29) is 0 Å². The van der Waals surface area contributed by atoms with E-state index in [9.17, 15) is 4.79 Å². The van der Waals surface area contributed by atoms with Gasteiger partial charge in [-0.15, -0.1) is 0 Å². The van der Waals surface area contributed by atoms with Gasteiger partial charge in [0.2, 0.25) is 0 Å². The molecule has 0 aliphatic rings. The van der Waals surface area contributed by atoms with Crippen LogP contribution in [0.1, 0.15) is 12.5 Å². The van der Waals surface area contributed by atoms with E-state index in [4.69, 9.17) is 16.3 Å². The maximum Gasteiger partial charge on any atom is 0.262 e. The molecular formula is C10H11ClO2. The molecule has 1 rings (SSSR count). The summed E-state index contributed by atoms with van der Waals surface area (Å²) in [5.74, 6) is 0.668. The molecule has 1 aromatic carbocycles. The van der Waals surface area contributed by atoms with Gasteiger partial charge < -0.3 is 4.74 Å². The van der Waals surface area contributed by atoms with E-state index in [2.05, 4.69) is 0 Å². The Bertz CT molecular complexity index is 310. The van der Waals surface area contributed by atoms with E-state index in [0.717, 1.165) is 5.56 Å². The van der Waals surface area contributed by atoms with E-state index in [1.807, 2.05) is 25.1 Å². The lowest BCUT2D eigenvalue weighted by Crippen LogP contribution is -2.18. The van der Waals surface area contributed by atoms with Gasteiger partial charge in [-0.05, 0) is 43.1 Å². The normalized spacial score (nSPS) is 12.2. The molecule has 0 unspecified atom stereocenters. The molecule has 0 saturated heterocycles. The van der Waals surface area contributed by atoms with Gasteiger partial charge in [-0.25, -0.2) is 0 Å². The molecule has 0 radical (unpaired) electrons. The molecule has 0 aliphatic heterocycles. The summed E-state index contributed by atoms with van der Waals surface area (Å²) in [5, 5.41) is -0.485. The van der Waals surface area contributed by atoms with Crippen molar-refractivity contribution in [3.63, 3.8) is 0 Å². The molecule has 3 heteroatoms. The van der Waals surface area contributed by atoms with Gasteiger partial charge in [0, 0.05) is 0 Å². The molecular weight excluding hydrogens is 188 g/mol. The van der Waals surface area contributed by atoms with Crippen LogP contribution in [-0.4, -0.2) is 11.3 Å². The Labute approximate surface area is 82.5 Å². The second-order valence-corrected chi connectivity index (χ2v) is 3.25. The van der Waals surface area contributed by atoms with Crippen LogP contribution in [0.2, 0.25) is 0 Å². The Morgan fingerprint density at radius 3 is 2.77 bits per heavy atom. The lowest BCUT2D eigenvalue weighted by molar-refractivity contribution is -0.117. The van der Waals surface area contributed by atoms with Crippen LogP contribution in [0.3, 0.4) is 0 Å². The lowest BCUT2D eigenvalue weighted by Gasteiger charge is -2.10. The highest BCUT2D eigenvalue weighted by atomic mass is 35.5. The minimum absolute atomic E-state index is 0.485. The van der Waals surface area contributed by atoms with Crippen molar-refractivity contribution in [3.8, 4) is 5.75 Å². The number of rotatable bonds is 3. The van der Waals surface area contributed by atoms with Crippen molar-refractivity contribution >= 4 is 16.8 Å². The molecule has 2 nitrogen and oxygen atoms in total. The van der Waals surface area contributed by atoms with Crippen molar-refractivity contribution in [3.05, 3.63) is 29.8 Å². The number of halogens is 1. The fourth-order valence-electron chi connectivity index (χ4n) is 0.939. The summed E-state index contributed by atoms with van der Waals surface area (Å²) in [6.45, 7) is 3.58. The zero-order chi connectivity index (χ0) is 9.84. The molecule has 0 heterocycles. The third-order valence-corrected chi connectivity index (χ3v) is 1.93. The highest BCUT2D eigenvalue weighted by Crippen LogP contribution is 2.14. The van der Waals surface area contributed by atoms with E-state index in [1.165, 1.54) is 0 Å². The monoisotopic (exact) mass is 198 g/mol. The Morgan fingerprint density at radius 1 is 1.54 bits per heavy atom. The number of hydrogen-bond donors (Lipinski definition) is 0. The summed E-state index contributed by atoms with van der Waals surface area (Å²) in [7, 11) is 0. The lowest BCUT2D eigenvalue weighted by atomic mass is 10.2. The van der Waals surface area contributed by atoms with Crippen LogP contribution in [0.15, 0.2) is 24.3 Å². The van der Waals surface area contributed by atoms with Crippen LogP contribution in [0.25, 0.3) is 0 Å². The number of ether oxygens (including phenoxy) is 1. The van der Waals surface area contributed by atoms with Crippen molar-refractivity contribution in [2.24, 2.45) is 0 Å². The first-order chi connectivity index (χ1) is 6.09. The van der Waals surface area contributed by atoms with Crippen LogP contribution in [0, 0.1) is 6.92 Å². The van der Waals surface area contributed by atoms with Gasteiger partial charge in [-0.3, -0.25) is 4.79 Å². The van der Waals surface area contributed by atoms with Gasteiger partial charge in [-0.1, -0.05) is 12.1 Å².